The van der Waals surface area contributed by atoms with Crippen LogP contribution in [-0.2, 0) is 11.2 Å². The molecular formula is C13H18BrNO. The van der Waals surface area contributed by atoms with Crippen LogP contribution in [0.5, 0.6) is 0 Å². The monoisotopic (exact) mass is 283 g/mol. The lowest BCUT2D eigenvalue weighted by atomic mass is 10.1. The molecule has 88 valence electrons. The van der Waals surface area contributed by atoms with Crippen LogP contribution < -0.4 is 5.32 Å². The van der Waals surface area contributed by atoms with E-state index < -0.39 is 0 Å². The number of hydrogen-bond acceptors (Lipinski definition) is 1. The summed E-state index contributed by atoms with van der Waals surface area (Å²) in [6.07, 6.45) is 3.56. The van der Waals surface area contributed by atoms with Crippen molar-refractivity contribution in [3.63, 3.8) is 0 Å². The molecule has 0 aliphatic heterocycles. The number of aryl methyl sites for hydroxylation is 1. The van der Waals surface area contributed by atoms with Crippen molar-refractivity contribution < 1.29 is 4.79 Å². The Bertz CT molecular complexity index is 321. The first-order valence-electron chi connectivity index (χ1n) is 5.73. The van der Waals surface area contributed by atoms with E-state index in [1.165, 1.54) is 5.56 Å². The second-order valence-electron chi connectivity index (χ2n) is 3.83. The van der Waals surface area contributed by atoms with Crippen molar-refractivity contribution in [2.75, 3.05) is 6.54 Å². The molecular weight excluding hydrogens is 266 g/mol. The Morgan fingerprint density at radius 2 is 2.00 bits per heavy atom. The van der Waals surface area contributed by atoms with Crippen molar-refractivity contribution in [3.8, 4) is 0 Å². The van der Waals surface area contributed by atoms with Crippen molar-refractivity contribution in [3.05, 3.63) is 34.3 Å². The summed E-state index contributed by atoms with van der Waals surface area (Å²) < 4.78 is 1.07. The first-order chi connectivity index (χ1) is 7.72. The number of nitrogens with one attached hydrogen (secondary N) is 1. The highest BCUT2D eigenvalue weighted by Crippen LogP contribution is 2.11. The van der Waals surface area contributed by atoms with Crippen molar-refractivity contribution in [2.45, 2.75) is 32.6 Å². The van der Waals surface area contributed by atoms with Gasteiger partial charge in [-0.25, -0.2) is 0 Å². The molecule has 0 aromatic heterocycles. The molecule has 1 aromatic carbocycles. The number of unbranched alkanes of at least 4 members (excludes halogenated alkanes) is 1. The Labute approximate surface area is 106 Å². The minimum atomic E-state index is 0.149. The first kappa shape index (κ1) is 13.2. The molecule has 1 N–H and O–H groups in total. The predicted octanol–water partition coefficient (Wildman–Crippen LogP) is 3.30. The van der Waals surface area contributed by atoms with Crippen LogP contribution in [0.3, 0.4) is 0 Å². The number of rotatable bonds is 6. The molecule has 0 aliphatic rings. The van der Waals surface area contributed by atoms with E-state index in [0.717, 1.165) is 30.3 Å². The molecule has 2 nitrogen and oxygen atoms in total. The van der Waals surface area contributed by atoms with Gasteiger partial charge in [0.05, 0.1) is 0 Å². The Kier molecular flexibility index (Phi) is 6.16. The normalized spacial score (nSPS) is 10.1. The maximum atomic E-state index is 11.4. The van der Waals surface area contributed by atoms with Gasteiger partial charge in [-0.2, -0.15) is 0 Å². The van der Waals surface area contributed by atoms with Gasteiger partial charge in [0.25, 0.3) is 0 Å². The molecule has 1 rings (SSSR count). The van der Waals surface area contributed by atoms with Crippen LogP contribution in [0.4, 0.5) is 0 Å². The molecule has 0 aliphatic carbocycles. The average Bonchev–Trinajstić information content (AvgIpc) is 2.29. The van der Waals surface area contributed by atoms with Gasteiger partial charge in [0.1, 0.15) is 0 Å². The van der Waals surface area contributed by atoms with Crippen molar-refractivity contribution in [1.29, 1.82) is 0 Å². The summed E-state index contributed by atoms with van der Waals surface area (Å²) in [6, 6.07) is 8.10. The molecule has 0 atom stereocenters. The molecule has 0 radical (unpaired) electrons. The van der Waals surface area contributed by atoms with Crippen LogP contribution in [-0.4, -0.2) is 12.5 Å². The van der Waals surface area contributed by atoms with E-state index in [1.807, 2.05) is 24.3 Å². The summed E-state index contributed by atoms with van der Waals surface area (Å²) in [6.45, 7) is 2.92. The van der Waals surface area contributed by atoms with E-state index in [-0.39, 0.29) is 5.91 Å². The summed E-state index contributed by atoms with van der Waals surface area (Å²) in [7, 11) is 0. The van der Waals surface area contributed by atoms with Crippen LogP contribution in [0.1, 0.15) is 31.7 Å². The van der Waals surface area contributed by atoms with E-state index >= 15 is 0 Å². The zero-order chi connectivity index (χ0) is 11.8. The fraction of sp³-hybridized carbons (Fsp3) is 0.462. The molecule has 1 amide bonds. The van der Waals surface area contributed by atoms with E-state index in [0.29, 0.717) is 6.42 Å². The van der Waals surface area contributed by atoms with Crippen molar-refractivity contribution in [1.82, 2.24) is 5.32 Å². The molecule has 0 spiro atoms. The third kappa shape index (κ3) is 5.31. The second-order valence-corrected chi connectivity index (χ2v) is 4.75. The fourth-order valence-corrected chi connectivity index (χ4v) is 1.67. The molecule has 0 fully saturated rings. The molecule has 1 aromatic rings. The zero-order valence-corrected chi connectivity index (χ0v) is 11.2. The van der Waals surface area contributed by atoms with Gasteiger partial charge in [0, 0.05) is 17.4 Å². The highest BCUT2D eigenvalue weighted by atomic mass is 79.9. The van der Waals surface area contributed by atoms with Gasteiger partial charge in [0.15, 0.2) is 0 Å². The maximum absolute atomic E-state index is 11.4. The number of carbonyl (C=O) groups is 1. The summed E-state index contributed by atoms with van der Waals surface area (Å²) in [5, 5.41) is 2.92. The van der Waals surface area contributed by atoms with E-state index in [4.69, 9.17) is 0 Å². The average molecular weight is 284 g/mol. The van der Waals surface area contributed by atoms with Crippen LogP contribution in [0, 0.1) is 0 Å². The summed E-state index contributed by atoms with van der Waals surface area (Å²) >= 11 is 3.39. The van der Waals surface area contributed by atoms with E-state index in [1.54, 1.807) is 0 Å². The zero-order valence-electron chi connectivity index (χ0n) is 9.63. The third-order valence-electron chi connectivity index (χ3n) is 2.41. The third-order valence-corrected chi connectivity index (χ3v) is 2.94. The van der Waals surface area contributed by atoms with E-state index in [9.17, 15) is 4.79 Å². The lowest BCUT2D eigenvalue weighted by molar-refractivity contribution is -0.121. The number of amides is 1. The molecule has 0 unspecified atom stereocenters. The lowest BCUT2D eigenvalue weighted by Gasteiger charge is -2.04. The Morgan fingerprint density at radius 3 is 2.62 bits per heavy atom. The highest BCUT2D eigenvalue weighted by Gasteiger charge is 2.01. The predicted molar refractivity (Wildman–Crippen MR) is 70.4 cm³/mol. The molecule has 3 heteroatoms. The number of halogens is 1. The van der Waals surface area contributed by atoms with Gasteiger partial charge < -0.3 is 5.32 Å². The number of benzene rings is 1. The van der Waals surface area contributed by atoms with Gasteiger partial charge in [-0.3, -0.25) is 4.79 Å². The van der Waals surface area contributed by atoms with E-state index in [2.05, 4.69) is 28.2 Å². The largest absolute Gasteiger partial charge is 0.356 e. The van der Waals surface area contributed by atoms with Gasteiger partial charge >= 0.3 is 0 Å². The van der Waals surface area contributed by atoms with Gasteiger partial charge in [0.2, 0.25) is 5.91 Å². The molecule has 0 heterocycles. The Morgan fingerprint density at radius 1 is 1.31 bits per heavy atom. The van der Waals surface area contributed by atoms with Crippen molar-refractivity contribution >= 4 is 21.8 Å². The van der Waals surface area contributed by atoms with Crippen LogP contribution in [0.2, 0.25) is 0 Å². The Balaban J connectivity index is 2.23. The molecule has 0 saturated heterocycles. The topological polar surface area (TPSA) is 29.1 Å². The number of carbonyl (C=O) groups excluding carboxylic acids is 1. The van der Waals surface area contributed by atoms with Crippen LogP contribution >= 0.6 is 15.9 Å². The fourth-order valence-electron chi connectivity index (χ4n) is 1.40. The summed E-state index contributed by atoms with van der Waals surface area (Å²) in [5.74, 6) is 0.149. The smallest absolute Gasteiger partial charge is 0.220 e. The lowest BCUT2D eigenvalue weighted by Crippen LogP contribution is -2.24. The summed E-state index contributed by atoms with van der Waals surface area (Å²) in [4.78, 5) is 11.4. The van der Waals surface area contributed by atoms with Crippen LogP contribution in [0.15, 0.2) is 28.7 Å². The quantitative estimate of drug-likeness (QED) is 0.798. The Hall–Kier alpha value is -0.830. The van der Waals surface area contributed by atoms with Gasteiger partial charge in [-0.05, 0) is 30.5 Å². The minimum absolute atomic E-state index is 0.149. The van der Waals surface area contributed by atoms with Gasteiger partial charge in [-0.15, -0.1) is 0 Å². The SMILES string of the molecule is CCCCNC(=O)CCc1ccc(Br)cc1. The van der Waals surface area contributed by atoms with Crippen molar-refractivity contribution in [2.24, 2.45) is 0 Å². The van der Waals surface area contributed by atoms with Crippen LogP contribution in [0.25, 0.3) is 0 Å². The molecule has 0 bridgehead atoms. The second kappa shape index (κ2) is 7.44. The molecule has 16 heavy (non-hydrogen) atoms. The standard InChI is InChI=1S/C13H18BrNO/c1-2-3-10-15-13(16)9-6-11-4-7-12(14)8-5-11/h4-5,7-8H,2-3,6,9-10H2,1H3,(H,15,16). The highest BCUT2D eigenvalue weighted by molar-refractivity contribution is 9.10. The summed E-state index contributed by atoms with van der Waals surface area (Å²) in [5.41, 5.74) is 1.20. The van der Waals surface area contributed by atoms with Gasteiger partial charge in [-0.1, -0.05) is 41.4 Å². The number of hydrogen-bond donors (Lipinski definition) is 1. The molecule has 0 saturated carbocycles. The first-order valence-corrected chi connectivity index (χ1v) is 6.53. The minimum Gasteiger partial charge on any atom is -0.356 e. The maximum Gasteiger partial charge on any atom is 0.220 e.